The maximum atomic E-state index is 12.6. The fourth-order valence-electron chi connectivity index (χ4n) is 2.35. The second kappa shape index (κ2) is 7.88. The Morgan fingerprint density at radius 3 is 2.36 bits per heavy atom. The summed E-state index contributed by atoms with van der Waals surface area (Å²) in [4.78, 5) is 12.6. The number of hydrogen-bond donors (Lipinski definition) is 1. The summed E-state index contributed by atoms with van der Waals surface area (Å²) < 4.78 is 31.5. The predicted octanol–water partition coefficient (Wildman–Crippen LogP) is 3.25. The molecule has 2 aromatic carbocycles. The molecule has 0 aliphatic heterocycles. The Kier molecular flexibility index (Phi) is 6.07. The summed E-state index contributed by atoms with van der Waals surface area (Å²) in [5, 5.41) is 2.73. The third kappa shape index (κ3) is 4.96. The van der Waals surface area contributed by atoms with E-state index in [2.05, 4.69) is 21.2 Å². The van der Waals surface area contributed by atoms with Gasteiger partial charge in [-0.3, -0.25) is 9.10 Å². The Morgan fingerprint density at radius 1 is 1.20 bits per heavy atom. The molecule has 0 heterocycles. The number of halogens is 1. The molecule has 0 aliphatic rings. The molecule has 0 aliphatic carbocycles. The molecule has 1 atom stereocenters. The Bertz CT molecular complexity index is 853. The highest BCUT2D eigenvalue weighted by Crippen LogP contribution is 2.24. The van der Waals surface area contributed by atoms with Gasteiger partial charge in [0.2, 0.25) is 15.9 Å². The van der Waals surface area contributed by atoms with Crippen LogP contribution in [0, 0.1) is 0 Å². The number of rotatable bonds is 6. The van der Waals surface area contributed by atoms with E-state index in [9.17, 15) is 13.2 Å². The molecule has 0 bridgehead atoms. The summed E-state index contributed by atoms with van der Waals surface area (Å²) in [6, 6.07) is 12.6. The summed E-state index contributed by atoms with van der Waals surface area (Å²) in [6.07, 6.45) is 1.07. The monoisotopic (exact) mass is 426 g/mol. The molecule has 2 aromatic rings. The van der Waals surface area contributed by atoms with Gasteiger partial charge >= 0.3 is 0 Å². The maximum Gasteiger partial charge on any atom is 0.247 e. The minimum atomic E-state index is -3.66. The summed E-state index contributed by atoms with van der Waals surface area (Å²) in [6.45, 7) is 1.54. The lowest BCUT2D eigenvalue weighted by atomic mass is 10.2. The molecular formula is C17H19BrN2O4S. The van der Waals surface area contributed by atoms with Crippen LogP contribution in [0.5, 0.6) is 5.75 Å². The average molecular weight is 427 g/mol. The summed E-state index contributed by atoms with van der Waals surface area (Å²) in [5.41, 5.74) is 0.967. The fraction of sp³-hybridized carbons (Fsp3) is 0.235. The van der Waals surface area contributed by atoms with E-state index in [0.29, 0.717) is 17.1 Å². The van der Waals surface area contributed by atoms with E-state index in [1.807, 2.05) is 6.07 Å². The minimum Gasteiger partial charge on any atom is -0.497 e. The van der Waals surface area contributed by atoms with Crippen molar-refractivity contribution >= 4 is 43.2 Å². The van der Waals surface area contributed by atoms with Crippen molar-refractivity contribution < 1.29 is 17.9 Å². The molecule has 0 saturated carbocycles. The number of nitrogens with one attached hydrogen (secondary N) is 1. The zero-order chi connectivity index (χ0) is 18.6. The largest absolute Gasteiger partial charge is 0.497 e. The second-order valence-corrected chi connectivity index (χ2v) is 8.21. The normalized spacial score (nSPS) is 12.3. The molecule has 1 amide bonds. The van der Waals surface area contributed by atoms with Crippen molar-refractivity contribution in [1.82, 2.24) is 0 Å². The number of hydrogen-bond acceptors (Lipinski definition) is 4. The minimum absolute atomic E-state index is 0.389. The molecular weight excluding hydrogens is 408 g/mol. The summed E-state index contributed by atoms with van der Waals surface area (Å²) in [5.74, 6) is 0.169. The second-order valence-electron chi connectivity index (χ2n) is 5.43. The zero-order valence-electron chi connectivity index (χ0n) is 14.1. The fourth-order valence-corrected chi connectivity index (χ4v) is 3.92. The number of ether oxygens (including phenoxy) is 1. The smallest absolute Gasteiger partial charge is 0.247 e. The quantitative estimate of drug-likeness (QED) is 0.768. The lowest BCUT2D eigenvalue weighted by Crippen LogP contribution is -2.45. The van der Waals surface area contributed by atoms with Crippen LogP contribution in [0.1, 0.15) is 6.92 Å². The highest BCUT2D eigenvalue weighted by molar-refractivity contribution is 9.10. The molecule has 0 unspecified atom stereocenters. The van der Waals surface area contributed by atoms with Gasteiger partial charge in [-0.2, -0.15) is 0 Å². The number of anilines is 2. The lowest BCUT2D eigenvalue weighted by molar-refractivity contribution is -0.116. The molecule has 8 heteroatoms. The van der Waals surface area contributed by atoms with E-state index in [0.717, 1.165) is 15.0 Å². The number of methoxy groups -OCH3 is 1. The van der Waals surface area contributed by atoms with Gasteiger partial charge in [-0.15, -0.1) is 0 Å². The van der Waals surface area contributed by atoms with Gasteiger partial charge in [0.05, 0.1) is 19.1 Å². The van der Waals surface area contributed by atoms with Gasteiger partial charge in [0.15, 0.2) is 0 Å². The zero-order valence-corrected chi connectivity index (χ0v) is 16.5. The van der Waals surface area contributed by atoms with E-state index < -0.39 is 22.0 Å². The standard InChI is InChI=1S/C17H19BrN2O4S/c1-12(17(21)19-14-6-4-5-13(18)11-14)20(25(3,22)23)15-7-9-16(24-2)10-8-15/h4-12H,1-3H3,(H,19,21)/t12-/m0/s1. The number of benzene rings is 2. The van der Waals surface area contributed by atoms with Crippen molar-refractivity contribution in [1.29, 1.82) is 0 Å². The third-order valence-corrected chi connectivity index (χ3v) is 5.24. The first kappa shape index (κ1) is 19.3. The molecule has 0 aromatic heterocycles. The van der Waals surface area contributed by atoms with E-state index in [1.165, 1.54) is 7.11 Å². The Morgan fingerprint density at radius 2 is 1.84 bits per heavy atom. The Labute approximate surface area is 156 Å². The van der Waals surface area contributed by atoms with Crippen LogP contribution in [-0.4, -0.2) is 33.7 Å². The molecule has 0 radical (unpaired) electrons. The van der Waals surface area contributed by atoms with Crippen LogP contribution in [0.15, 0.2) is 53.0 Å². The topological polar surface area (TPSA) is 75.7 Å². The highest BCUT2D eigenvalue weighted by Gasteiger charge is 2.29. The van der Waals surface area contributed by atoms with Gasteiger partial charge in [0, 0.05) is 10.2 Å². The SMILES string of the molecule is COc1ccc(N([C@@H](C)C(=O)Nc2cccc(Br)c2)S(C)(=O)=O)cc1. The van der Waals surface area contributed by atoms with Crippen molar-refractivity contribution in [3.63, 3.8) is 0 Å². The molecule has 0 spiro atoms. The van der Waals surface area contributed by atoms with Crippen LogP contribution in [-0.2, 0) is 14.8 Å². The van der Waals surface area contributed by atoms with E-state index in [-0.39, 0.29) is 0 Å². The van der Waals surface area contributed by atoms with Gasteiger partial charge in [-0.1, -0.05) is 22.0 Å². The number of sulfonamides is 1. The van der Waals surface area contributed by atoms with Crippen molar-refractivity contribution in [3.8, 4) is 5.75 Å². The first-order valence-corrected chi connectivity index (χ1v) is 10.1. The molecule has 1 N–H and O–H groups in total. The lowest BCUT2D eigenvalue weighted by Gasteiger charge is -2.28. The van der Waals surface area contributed by atoms with E-state index >= 15 is 0 Å². The van der Waals surface area contributed by atoms with Crippen LogP contribution in [0.4, 0.5) is 11.4 Å². The number of carbonyl (C=O) groups excluding carboxylic acids is 1. The van der Waals surface area contributed by atoms with Gasteiger partial charge in [-0.25, -0.2) is 8.42 Å². The van der Waals surface area contributed by atoms with E-state index in [4.69, 9.17) is 4.74 Å². The number of nitrogens with zero attached hydrogens (tertiary/aromatic N) is 1. The molecule has 0 saturated heterocycles. The molecule has 134 valence electrons. The van der Waals surface area contributed by atoms with Crippen molar-refractivity contribution in [2.75, 3.05) is 23.0 Å². The average Bonchev–Trinajstić information content (AvgIpc) is 2.54. The maximum absolute atomic E-state index is 12.6. The van der Waals surface area contributed by atoms with Crippen LogP contribution in [0.2, 0.25) is 0 Å². The highest BCUT2D eigenvalue weighted by atomic mass is 79.9. The van der Waals surface area contributed by atoms with Gasteiger partial charge < -0.3 is 10.1 Å². The predicted molar refractivity (Wildman–Crippen MR) is 103 cm³/mol. The summed E-state index contributed by atoms with van der Waals surface area (Å²) in [7, 11) is -2.13. The first-order valence-electron chi connectivity index (χ1n) is 7.42. The summed E-state index contributed by atoms with van der Waals surface area (Å²) >= 11 is 3.33. The molecule has 25 heavy (non-hydrogen) atoms. The van der Waals surface area contributed by atoms with E-state index in [1.54, 1.807) is 49.4 Å². The molecule has 0 fully saturated rings. The van der Waals surface area contributed by atoms with Crippen LogP contribution in [0.25, 0.3) is 0 Å². The van der Waals surface area contributed by atoms with Gasteiger partial charge in [0.1, 0.15) is 11.8 Å². The Balaban J connectivity index is 2.29. The van der Waals surface area contributed by atoms with Gasteiger partial charge in [0.25, 0.3) is 0 Å². The van der Waals surface area contributed by atoms with Crippen molar-refractivity contribution in [2.24, 2.45) is 0 Å². The first-order chi connectivity index (χ1) is 11.7. The molecule has 6 nitrogen and oxygen atoms in total. The van der Waals surface area contributed by atoms with Crippen LogP contribution < -0.4 is 14.4 Å². The Hall–Kier alpha value is -2.06. The van der Waals surface area contributed by atoms with Gasteiger partial charge in [-0.05, 0) is 49.4 Å². The number of amides is 1. The van der Waals surface area contributed by atoms with Crippen LogP contribution in [0.3, 0.4) is 0 Å². The van der Waals surface area contributed by atoms with Crippen molar-refractivity contribution in [2.45, 2.75) is 13.0 Å². The number of carbonyl (C=O) groups is 1. The molecule has 2 rings (SSSR count). The third-order valence-electron chi connectivity index (χ3n) is 3.51. The van der Waals surface area contributed by atoms with Crippen molar-refractivity contribution in [3.05, 3.63) is 53.0 Å². The van der Waals surface area contributed by atoms with Crippen LogP contribution >= 0.6 is 15.9 Å².